The number of para-hydroxylation sites is 1. The first-order chi connectivity index (χ1) is 17.2. The van der Waals surface area contributed by atoms with E-state index in [0.29, 0.717) is 22.9 Å². The second-order valence-corrected chi connectivity index (χ2v) is 12.4. The first-order valence-electron chi connectivity index (χ1n) is 12.2. The standard InChI is InChI=1S/C27H31N3O4S2/c1-26-11-10-21(32)27(2,15-31)20(26)14-19-23(17(26)13-22(33)28-16-7-4-3-5-8-16)29-25(36-19)30-24(34)18-9-6-12-35-18/h3-9,12,17,20-21,31-32H,10-11,13-15H2,1-2H3,(H,28,33)(H,29,30,34)/t17-,20+,21-,26+,27+/m1/s1. The minimum Gasteiger partial charge on any atom is -0.396 e. The summed E-state index contributed by atoms with van der Waals surface area (Å²) >= 11 is 2.80. The third kappa shape index (κ3) is 4.38. The van der Waals surface area contributed by atoms with Crippen LogP contribution in [0.2, 0.25) is 0 Å². The van der Waals surface area contributed by atoms with Gasteiger partial charge in [-0.25, -0.2) is 4.98 Å². The summed E-state index contributed by atoms with van der Waals surface area (Å²) in [7, 11) is 0. The van der Waals surface area contributed by atoms with Crippen LogP contribution in [-0.2, 0) is 11.2 Å². The number of carbonyl (C=O) groups is 2. The van der Waals surface area contributed by atoms with Crippen molar-refractivity contribution >= 4 is 45.3 Å². The first kappa shape index (κ1) is 25.1. The van der Waals surface area contributed by atoms with Crippen LogP contribution in [0.3, 0.4) is 0 Å². The molecule has 0 bridgehead atoms. The number of hydrogen-bond donors (Lipinski definition) is 4. The van der Waals surface area contributed by atoms with Crippen molar-refractivity contribution in [2.24, 2.45) is 16.7 Å². The van der Waals surface area contributed by atoms with Crippen LogP contribution in [0.4, 0.5) is 10.8 Å². The monoisotopic (exact) mass is 525 g/mol. The Bertz CT molecular complexity index is 1250. The summed E-state index contributed by atoms with van der Waals surface area (Å²) in [4.78, 5) is 32.4. The van der Waals surface area contributed by atoms with Crippen LogP contribution >= 0.6 is 22.7 Å². The zero-order valence-electron chi connectivity index (χ0n) is 20.4. The topological polar surface area (TPSA) is 112 Å². The Morgan fingerprint density at radius 2 is 1.92 bits per heavy atom. The molecular weight excluding hydrogens is 494 g/mol. The minimum atomic E-state index is -0.691. The highest BCUT2D eigenvalue weighted by Crippen LogP contribution is 2.62. The van der Waals surface area contributed by atoms with Crippen LogP contribution in [0.25, 0.3) is 0 Å². The number of rotatable bonds is 6. The van der Waals surface area contributed by atoms with Gasteiger partial charge in [0.15, 0.2) is 5.13 Å². The van der Waals surface area contributed by atoms with Gasteiger partial charge in [0.05, 0.1) is 23.3 Å². The molecule has 2 aliphatic carbocycles. The van der Waals surface area contributed by atoms with Crippen molar-refractivity contribution in [3.8, 4) is 0 Å². The molecule has 2 aliphatic rings. The summed E-state index contributed by atoms with van der Waals surface area (Å²) in [6.45, 7) is 3.99. The number of thiazole rings is 1. The largest absolute Gasteiger partial charge is 0.396 e. The van der Waals surface area contributed by atoms with Crippen LogP contribution in [0.15, 0.2) is 47.8 Å². The van der Waals surface area contributed by atoms with Crippen molar-refractivity contribution in [1.82, 2.24) is 4.98 Å². The van der Waals surface area contributed by atoms with E-state index in [1.54, 1.807) is 6.07 Å². The van der Waals surface area contributed by atoms with E-state index in [-0.39, 0.29) is 42.1 Å². The fourth-order valence-corrected chi connectivity index (χ4v) is 7.87. The number of amides is 2. The average molecular weight is 526 g/mol. The normalized spacial score (nSPS) is 29.2. The highest BCUT2D eigenvalue weighted by atomic mass is 32.1. The van der Waals surface area contributed by atoms with E-state index >= 15 is 0 Å². The molecule has 0 unspecified atom stereocenters. The molecule has 7 nitrogen and oxygen atoms in total. The van der Waals surface area contributed by atoms with Gasteiger partial charge >= 0.3 is 0 Å². The molecular formula is C27H31N3O4S2. The van der Waals surface area contributed by atoms with Crippen LogP contribution in [0.5, 0.6) is 0 Å². The molecule has 2 heterocycles. The van der Waals surface area contributed by atoms with Gasteiger partial charge < -0.3 is 15.5 Å². The summed E-state index contributed by atoms with van der Waals surface area (Å²) in [5.41, 5.74) is 0.547. The zero-order valence-corrected chi connectivity index (χ0v) is 22.0. The Morgan fingerprint density at radius 3 is 2.61 bits per heavy atom. The lowest BCUT2D eigenvalue weighted by molar-refractivity contribution is -0.143. The van der Waals surface area contributed by atoms with E-state index in [2.05, 4.69) is 17.6 Å². The quantitative estimate of drug-likeness (QED) is 0.366. The fraction of sp³-hybridized carbons (Fsp3) is 0.444. The first-order valence-corrected chi connectivity index (χ1v) is 13.9. The van der Waals surface area contributed by atoms with Crippen LogP contribution in [-0.4, -0.2) is 39.7 Å². The molecule has 1 saturated carbocycles. The third-order valence-corrected chi connectivity index (χ3v) is 10.2. The van der Waals surface area contributed by atoms with Crippen molar-refractivity contribution in [3.63, 3.8) is 0 Å². The molecule has 36 heavy (non-hydrogen) atoms. The summed E-state index contributed by atoms with van der Waals surface area (Å²) in [6.07, 6.45) is 1.54. The van der Waals surface area contributed by atoms with Gasteiger partial charge in [-0.15, -0.1) is 22.7 Å². The van der Waals surface area contributed by atoms with E-state index < -0.39 is 11.5 Å². The minimum absolute atomic E-state index is 0.0397. The molecule has 5 rings (SSSR count). The van der Waals surface area contributed by atoms with Gasteiger partial charge in [-0.2, -0.15) is 0 Å². The Morgan fingerprint density at radius 1 is 1.14 bits per heavy atom. The van der Waals surface area contributed by atoms with Gasteiger partial charge in [0, 0.05) is 28.3 Å². The number of hydrogen-bond acceptors (Lipinski definition) is 7. The molecule has 4 N–H and O–H groups in total. The smallest absolute Gasteiger partial charge is 0.267 e. The second kappa shape index (κ2) is 9.70. The van der Waals surface area contributed by atoms with Crippen molar-refractivity contribution in [1.29, 1.82) is 0 Å². The Labute approximate surface area is 218 Å². The molecule has 1 fully saturated rings. The van der Waals surface area contributed by atoms with E-state index in [0.717, 1.165) is 22.7 Å². The lowest BCUT2D eigenvalue weighted by atomic mass is 9.47. The van der Waals surface area contributed by atoms with Gasteiger partial charge in [0.1, 0.15) is 0 Å². The number of aromatic nitrogens is 1. The Balaban J connectivity index is 1.50. The predicted octanol–water partition coefficient (Wildman–Crippen LogP) is 4.90. The molecule has 0 spiro atoms. The molecule has 0 saturated heterocycles. The van der Waals surface area contributed by atoms with E-state index in [9.17, 15) is 19.8 Å². The number of thiophene rings is 1. The van der Waals surface area contributed by atoms with Gasteiger partial charge in [-0.3, -0.25) is 14.9 Å². The molecule has 5 atom stereocenters. The maximum atomic E-state index is 13.2. The van der Waals surface area contributed by atoms with Gasteiger partial charge in [-0.1, -0.05) is 38.1 Å². The summed E-state index contributed by atoms with van der Waals surface area (Å²) < 4.78 is 0. The molecule has 0 aliphatic heterocycles. The SMILES string of the molecule is C[C@]1(CO)[C@H]2Cc3sc(NC(=O)c4cccs4)nc3[C@@H](CC(=O)Nc3ccccc3)[C@]2(C)CC[C@H]1O. The molecule has 1 aromatic carbocycles. The number of anilines is 2. The van der Waals surface area contributed by atoms with Crippen LogP contribution < -0.4 is 10.6 Å². The average Bonchev–Trinajstić information content (AvgIpc) is 3.54. The van der Waals surface area contributed by atoms with Crippen molar-refractivity contribution < 1.29 is 19.8 Å². The highest BCUT2D eigenvalue weighted by molar-refractivity contribution is 7.16. The van der Waals surface area contributed by atoms with Crippen molar-refractivity contribution in [2.45, 2.75) is 51.6 Å². The highest BCUT2D eigenvalue weighted by Gasteiger charge is 2.59. The number of aliphatic hydroxyl groups excluding tert-OH is 2. The van der Waals surface area contributed by atoms with Crippen molar-refractivity contribution in [2.75, 3.05) is 17.2 Å². The Kier molecular flexibility index (Phi) is 6.76. The summed E-state index contributed by atoms with van der Waals surface area (Å²) in [5, 5.41) is 29.6. The number of nitrogens with zero attached hydrogens (tertiary/aromatic N) is 1. The zero-order chi connectivity index (χ0) is 25.5. The van der Waals surface area contributed by atoms with Gasteiger partial charge in [-0.05, 0) is 54.2 Å². The van der Waals surface area contributed by atoms with E-state index in [4.69, 9.17) is 4.98 Å². The van der Waals surface area contributed by atoms with Gasteiger partial charge in [0.2, 0.25) is 5.91 Å². The predicted molar refractivity (Wildman–Crippen MR) is 143 cm³/mol. The number of benzene rings is 1. The number of aliphatic hydroxyl groups is 2. The molecule has 0 radical (unpaired) electrons. The van der Waals surface area contributed by atoms with Gasteiger partial charge in [0.25, 0.3) is 5.91 Å². The molecule has 2 amide bonds. The molecule has 190 valence electrons. The maximum absolute atomic E-state index is 13.2. The molecule has 3 aromatic rings. The van der Waals surface area contributed by atoms with Crippen LogP contribution in [0, 0.1) is 16.7 Å². The summed E-state index contributed by atoms with van der Waals surface area (Å²) in [6, 6.07) is 13.0. The lowest BCUT2D eigenvalue weighted by Gasteiger charge is -2.58. The Hall–Kier alpha value is -2.59. The number of nitrogens with one attached hydrogen (secondary N) is 2. The second-order valence-electron chi connectivity index (χ2n) is 10.4. The lowest BCUT2D eigenvalue weighted by Crippen LogP contribution is -2.57. The third-order valence-electron chi connectivity index (χ3n) is 8.31. The molecule has 9 heteroatoms. The van der Waals surface area contributed by atoms with Crippen molar-refractivity contribution in [3.05, 3.63) is 63.3 Å². The maximum Gasteiger partial charge on any atom is 0.267 e. The summed E-state index contributed by atoms with van der Waals surface area (Å²) in [5.74, 6) is -0.555. The molecule has 2 aromatic heterocycles. The fourth-order valence-electron chi connectivity index (χ4n) is 6.18. The van der Waals surface area contributed by atoms with Crippen LogP contribution in [0.1, 0.15) is 59.3 Å². The van der Waals surface area contributed by atoms with E-state index in [1.807, 2.05) is 48.7 Å². The van der Waals surface area contributed by atoms with E-state index in [1.165, 1.54) is 22.7 Å². The number of carbonyl (C=O) groups excluding carboxylic acids is 2. The number of fused-ring (bicyclic) bond motifs is 2.